The SMILES string of the molecule is Nc1ccn([C@@H](N)COC2CO[P+](O)(O)O[C@@H]2CCN=O)c(=O)n1. The summed E-state index contributed by atoms with van der Waals surface area (Å²) < 4.78 is 16.5. The van der Waals surface area contributed by atoms with Crippen molar-refractivity contribution in [2.75, 3.05) is 25.5 Å². The third kappa shape index (κ3) is 4.98. The standard InChI is InChI=1S/C11H18N5O7P/c12-9-2-4-16(11(17)15-9)10(13)6-21-8-5-22-24(19,20)23-7(8)1-3-14-18/h2,4,7-8,10,19-20H,1,3,5-6,13H2,(H-,12,15,17)/p+1/t7-,8?,10-/m1/s1. The number of nitroso groups, excluding NO2 is 1. The van der Waals surface area contributed by atoms with Gasteiger partial charge in [0.25, 0.3) is 0 Å². The number of aromatic nitrogens is 2. The molecule has 6 N–H and O–H groups in total. The van der Waals surface area contributed by atoms with Gasteiger partial charge in [0, 0.05) is 12.6 Å². The van der Waals surface area contributed by atoms with Gasteiger partial charge in [-0.25, -0.2) is 4.79 Å². The van der Waals surface area contributed by atoms with Crippen molar-refractivity contribution >= 4 is 14.0 Å². The van der Waals surface area contributed by atoms with Crippen molar-refractivity contribution in [3.63, 3.8) is 0 Å². The highest BCUT2D eigenvalue weighted by atomic mass is 31.2. The van der Waals surface area contributed by atoms with Crippen LogP contribution < -0.4 is 17.2 Å². The van der Waals surface area contributed by atoms with Crippen molar-refractivity contribution in [2.24, 2.45) is 10.9 Å². The van der Waals surface area contributed by atoms with E-state index in [0.29, 0.717) is 0 Å². The Balaban J connectivity index is 1.97. The zero-order valence-electron chi connectivity index (χ0n) is 12.6. The van der Waals surface area contributed by atoms with E-state index in [9.17, 15) is 19.5 Å². The average Bonchev–Trinajstić information content (AvgIpc) is 2.51. The molecule has 1 aromatic heterocycles. The second kappa shape index (κ2) is 8.03. The van der Waals surface area contributed by atoms with Gasteiger partial charge in [-0.15, -0.1) is 4.52 Å². The Morgan fingerprint density at radius 1 is 1.58 bits per heavy atom. The Morgan fingerprint density at radius 3 is 3.00 bits per heavy atom. The summed E-state index contributed by atoms with van der Waals surface area (Å²) in [6.45, 7) is -0.347. The molecular weight excluding hydrogens is 345 g/mol. The second-order valence-electron chi connectivity index (χ2n) is 5.05. The molecular formula is C11H19N5O7P+. The van der Waals surface area contributed by atoms with Gasteiger partial charge in [-0.2, -0.15) is 24.2 Å². The summed E-state index contributed by atoms with van der Waals surface area (Å²) in [6, 6.07) is 1.42. The first-order valence-electron chi connectivity index (χ1n) is 7.01. The summed E-state index contributed by atoms with van der Waals surface area (Å²) >= 11 is 0. The van der Waals surface area contributed by atoms with Crippen molar-refractivity contribution in [1.82, 2.24) is 9.55 Å². The molecule has 0 amide bonds. The fourth-order valence-corrected chi connectivity index (χ4v) is 3.10. The van der Waals surface area contributed by atoms with E-state index in [-0.39, 0.29) is 32.0 Å². The topological polar surface area (TPSA) is 185 Å². The first-order valence-corrected chi connectivity index (χ1v) is 8.54. The number of hydrogen-bond acceptors (Lipinski definition) is 11. The zero-order valence-corrected chi connectivity index (χ0v) is 13.5. The van der Waals surface area contributed by atoms with Crippen LogP contribution in [0.2, 0.25) is 0 Å². The lowest BCUT2D eigenvalue weighted by molar-refractivity contribution is -0.108. The molecule has 13 heteroatoms. The highest BCUT2D eigenvalue weighted by Crippen LogP contribution is 2.56. The molecule has 0 spiro atoms. The van der Waals surface area contributed by atoms with Gasteiger partial charge >= 0.3 is 13.9 Å². The monoisotopic (exact) mass is 364 g/mol. The fourth-order valence-electron chi connectivity index (χ4n) is 2.11. The lowest BCUT2D eigenvalue weighted by atomic mass is 10.1. The third-order valence-electron chi connectivity index (χ3n) is 3.29. The summed E-state index contributed by atoms with van der Waals surface area (Å²) in [5, 5.41) is 2.71. The highest BCUT2D eigenvalue weighted by Gasteiger charge is 2.51. The Morgan fingerprint density at radius 2 is 2.33 bits per heavy atom. The van der Waals surface area contributed by atoms with Gasteiger partial charge < -0.3 is 16.2 Å². The van der Waals surface area contributed by atoms with E-state index in [1.807, 2.05) is 0 Å². The lowest BCUT2D eigenvalue weighted by Gasteiger charge is -2.30. The number of ether oxygens (including phenoxy) is 1. The van der Waals surface area contributed by atoms with E-state index in [1.165, 1.54) is 12.3 Å². The maximum atomic E-state index is 11.7. The van der Waals surface area contributed by atoms with E-state index in [0.717, 1.165) is 4.57 Å². The van der Waals surface area contributed by atoms with Crippen LogP contribution in [0.4, 0.5) is 5.82 Å². The molecule has 2 rings (SSSR count). The maximum Gasteiger partial charge on any atom is 0.570 e. The summed E-state index contributed by atoms with van der Waals surface area (Å²) in [5.41, 5.74) is 10.7. The zero-order chi connectivity index (χ0) is 17.7. The molecule has 2 heterocycles. The smallest absolute Gasteiger partial charge is 0.383 e. The van der Waals surface area contributed by atoms with Crippen molar-refractivity contribution in [2.45, 2.75) is 24.8 Å². The third-order valence-corrected chi connectivity index (χ3v) is 4.32. The Kier molecular flexibility index (Phi) is 6.29. The van der Waals surface area contributed by atoms with Crippen LogP contribution in [0.25, 0.3) is 0 Å². The van der Waals surface area contributed by atoms with Crippen LogP contribution in [-0.4, -0.2) is 51.3 Å². The van der Waals surface area contributed by atoms with E-state index in [2.05, 4.69) is 10.2 Å². The molecule has 1 aliphatic heterocycles. The van der Waals surface area contributed by atoms with Crippen molar-refractivity contribution < 1.29 is 23.6 Å². The summed E-state index contributed by atoms with van der Waals surface area (Å²) in [6.07, 6.45) is -0.840. The molecule has 12 nitrogen and oxygen atoms in total. The van der Waals surface area contributed by atoms with E-state index < -0.39 is 32.2 Å². The minimum absolute atomic E-state index is 0.0751. The molecule has 3 atom stereocenters. The van der Waals surface area contributed by atoms with Gasteiger partial charge in [0.05, 0.1) is 13.2 Å². The molecule has 0 aliphatic carbocycles. The van der Waals surface area contributed by atoms with Crippen LogP contribution in [-0.2, 0) is 13.8 Å². The quantitative estimate of drug-likeness (QED) is 0.342. The van der Waals surface area contributed by atoms with E-state index in [1.54, 1.807) is 0 Å². The Hall–Kier alpha value is -1.53. The second-order valence-corrected chi connectivity index (χ2v) is 6.50. The summed E-state index contributed by atoms with van der Waals surface area (Å²) in [7, 11) is -3.92. The van der Waals surface area contributed by atoms with Gasteiger partial charge in [-0.05, 0) is 6.07 Å². The number of anilines is 1. The molecule has 1 aliphatic rings. The normalized spacial score (nSPS) is 24.5. The molecule has 24 heavy (non-hydrogen) atoms. The van der Waals surface area contributed by atoms with Crippen LogP contribution in [0, 0.1) is 4.91 Å². The minimum Gasteiger partial charge on any atom is -0.383 e. The molecule has 134 valence electrons. The summed E-state index contributed by atoms with van der Waals surface area (Å²) in [4.78, 5) is 44.4. The molecule has 0 saturated carbocycles. The van der Waals surface area contributed by atoms with Gasteiger partial charge in [0.15, 0.2) is 0 Å². The highest BCUT2D eigenvalue weighted by molar-refractivity contribution is 7.54. The van der Waals surface area contributed by atoms with Crippen LogP contribution in [0.3, 0.4) is 0 Å². The summed E-state index contributed by atoms with van der Waals surface area (Å²) in [5.74, 6) is 0.0751. The molecule has 0 bridgehead atoms. The van der Waals surface area contributed by atoms with E-state index in [4.69, 9.17) is 25.3 Å². The Bertz CT molecular complexity index is 627. The van der Waals surface area contributed by atoms with Crippen LogP contribution in [0.15, 0.2) is 22.2 Å². The molecule has 1 fully saturated rings. The van der Waals surface area contributed by atoms with Gasteiger partial charge in [-0.1, -0.05) is 5.18 Å². The average molecular weight is 364 g/mol. The first kappa shape index (κ1) is 18.8. The molecule has 0 radical (unpaired) electrons. The Labute approximate surface area is 137 Å². The van der Waals surface area contributed by atoms with Crippen LogP contribution in [0.5, 0.6) is 0 Å². The predicted octanol–water partition coefficient (Wildman–Crippen LogP) is -1.10. The van der Waals surface area contributed by atoms with Gasteiger partial charge in [0.2, 0.25) is 0 Å². The first-order chi connectivity index (χ1) is 11.3. The minimum atomic E-state index is -3.92. The predicted molar refractivity (Wildman–Crippen MR) is 83.3 cm³/mol. The van der Waals surface area contributed by atoms with Crippen molar-refractivity contribution in [1.29, 1.82) is 0 Å². The van der Waals surface area contributed by atoms with Gasteiger partial charge in [-0.3, -0.25) is 4.57 Å². The lowest BCUT2D eigenvalue weighted by Crippen LogP contribution is -2.43. The van der Waals surface area contributed by atoms with Crippen molar-refractivity contribution in [3.8, 4) is 0 Å². The number of nitrogens with zero attached hydrogens (tertiary/aromatic N) is 3. The fraction of sp³-hybridized carbons (Fsp3) is 0.636. The molecule has 0 aromatic carbocycles. The number of rotatable bonds is 7. The number of nitrogens with two attached hydrogens (primary N) is 2. The van der Waals surface area contributed by atoms with Gasteiger partial charge in [0.1, 0.15) is 30.8 Å². The number of nitrogen functional groups attached to an aromatic ring is 1. The number of hydrogen-bond donors (Lipinski definition) is 4. The molecule has 1 unspecified atom stereocenters. The van der Waals surface area contributed by atoms with Crippen molar-refractivity contribution in [3.05, 3.63) is 27.7 Å². The van der Waals surface area contributed by atoms with E-state index >= 15 is 0 Å². The molecule has 1 saturated heterocycles. The maximum absolute atomic E-state index is 11.7. The largest absolute Gasteiger partial charge is 0.570 e. The van der Waals surface area contributed by atoms with Crippen LogP contribution >= 0.6 is 8.17 Å². The van der Waals surface area contributed by atoms with Crippen LogP contribution in [0.1, 0.15) is 12.6 Å². The molecule has 1 aromatic rings.